The van der Waals surface area contributed by atoms with E-state index in [1.807, 2.05) is 0 Å². The van der Waals surface area contributed by atoms with E-state index in [1.165, 1.54) is 57.1 Å². The summed E-state index contributed by atoms with van der Waals surface area (Å²) in [5.74, 6) is -1.87. The van der Waals surface area contributed by atoms with E-state index in [9.17, 15) is 14.7 Å². The minimum Gasteiger partial charge on any atom is -0.508 e. The third-order valence-electron chi connectivity index (χ3n) is 5.41. The monoisotopic (exact) mass is 478 g/mol. The SMILES string of the molecule is CCCCCCCCCCCCOc1ccc(O)cc1C(C(=O)S)c1nnnn1CC(=O)O. The summed E-state index contributed by atoms with van der Waals surface area (Å²) in [7, 11) is 0. The predicted molar refractivity (Wildman–Crippen MR) is 127 cm³/mol. The van der Waals surface area contributed by atoms with Gasteiger partial charge in [-0.05, 0) is 35.0 Å². The fraction of sp³-hybridized carbons (Fsp3) is 0.609. The molecule has 1 heterocycles. The number of hydrogen-bond acceptors (Lipinski definition) is 7. The maximum atomic E-state index is 12.4. The molecule has 9 nitrogen and oxygen atoms in total. The summed E-state index contributed by atoms with van der Waals surface area (Å²) >= 11 is 3.96. The summed E-state index contributed by atoms with van der Waals surface area (Å²) in [6, 6.07) is 4.44. The molecule has 0 bridgehead atoms. The van der Waals surface area contributed by atoms with Gasteiger partial charge in [0, 0.05) is 5.56 Å². The fourth-order valence-electron chi connectivity index (χ4n) is 3.71. The quantitative estimate of drug-likeness (QED) is 0.226. The van der Waals surface area contributed by atoms with Crippen LogP contribution in [0, 0.1) is 0 Å². The Kier molecular flexibility index (Phi) is 11.7. The standard InChI is InChI=1S/C23H34N4O5S/c1-2-3-4-5-6-7-8-9-10-11-14-32-19-13-12-17(28)15-18(19)21(23(31)33)22-24-25-26-27(22)16-20(29)30/h12-13,15,21,28H,2-11,14,16H2,1H3,(H,29,30)(H,31,33). The van der Waals surface area contributed by atoms with Gasteiger partial charge in [0.1, 0.15) is 24.0 Å². The molecule has 0 aliphatic carbocycles. The number of hydrogen-bond donors (Lipinski definition) is 3. The van der Waals surface area contributed by atoms with E-state index in [-0.39, 0.29) is 11.6 Å². The highest BCUT2D eigenvalue weighted by Crippen LogP contribution is 2.35. The Balaban J connectivity index is 1.94. The molecule has 0 aliphatic heterocycles. The van der Waals surface area contributed by atoms with Crippen molar-refractivity contribution in [3.05, 3.63) is 29.6 Å². The number of thiol groups is 1. The number of unbranched alkanes of at least 4 members (excludes halogenated alkanes) is 9. The highest BCUT2D eigenvalue weighted by atomic mass is 32.1. The van der Waals surface area contributed by atoms with E-state index < -0.39 is 23.5 Å². The number of carboxylic acids is 1. The molecule has 1 aromatic carbocycles. The number of aromatic hydroxyl groups is 1. The Morgan fingerprint density at radius 3 is 2.30 bits per heavy atom. The molecule has 0 radical (unpaired) electrons. The van der Waals surface area contributed by atoms with E-state index in [0.717, 1.165) is 23.9 Å². The van der Waals surface area contributed by atoms with Crippen molar-refractivity contribution in [1.82, 2.24) is 20.2 Å². The first kappa shape index (κ1) is 26.6. The number of ether oxygens (including phenoxy) is 1. The van der Waals surface area contributed by atoms with Crippen LogP contribution in [0.2, 0.25) is 0 Å². The summed E-state index contributed by atoms with van der Waals surface area (Å²) in [6.45, 7) is 2.18. The van der Waals surface area contributed by atoms with Crippen LogP contribution in [0.3, 0.4) is 0 Å². The first-order valence-electron chi connectivity index (χ1n) is 11.6. The number of carbonyl (C=O) groups is 2. The third-order valence-corrected chi connectivity index (χ3v) is 5.67. The Morgan fingerprint density at radius 2 is 1.70 bits per heavy atom. The molecule has 2 aromatic rings. The number of aromatic nitrogens is 4. The number of phenols is 1. The van der Waals surface area contributed by atoms with Gasteiger partial charge in [-0.25, -0.2) is 4.68 Å². The number of carboxylic acid groups (broad SMARTS) is 1. The van der Waals surface area contributed by atoms with E-state index in [1.54, 1.807) is 6.07 Å². The molecule has 0 saturated carbocycles. The lowest BCUT2D eigenvalue weighted by molar-refractivity contribution is -0.138. The van der Waals surface area contributed by atoms with Gasteiger partial charge in [0.05, 0.1) is 6.61 Å². The van der Waals surface area contributed by atoms with Crippen molar-refractivity contribution in [3.63, 3.8) is 0 Å². The Morgan fingerprint density at radius 1 is 1.06 bits per heavy atom. The van der Waals surface area contributed by atoms with E-state index in [4.69, 9.17) is 9.84 Å². The van der Waals surface area contributed by atoms with Crippen LogP contribution in [-0.4, -0.2) is 48.1 Å². The number of aliphatic carboxylic acids is 1. The molecule has 10 heteroatoms. The maximum absolute atomic E-state index is 12.4. The van der Waals surface area contributed by atoms with Crippen molar-refractivity contribution in [2.24, 2.45) is 0 Å². The van der Waals surface area contributed by atoms with Crippen LogP contribution in [0.5, 0.6) is 11.5 Å². The summed E-state index contributed by atoms with van der Waals surface area (Å²) in [4.78, 5) is 23.5. The van der Waals surface area contributed by atoms with Gasteiger partial charge < -0.3 is 14.9 Å². The largest absolute Gasteiger partial charge is 0.508 e. The molecule has 1 unspecified atom stereocenters. The second-order valence-corrected chi connectivity index (χ2v) is 8.55. The molecule has 0 saturated heterocycles. The Hall–Kier alpha value is -2.62. The number of carbonyl (C=O) groups excluding carboxylic acids is 1. The van der Waals surface area contributed by atoms with Crippen molar-refractivity contribution >= 4 is 23.7 Å². The van der Waals surface area contributed by atoms with E-state index >= 15 is 0 Å². The molecule has 1 aromatic heterocycles. The first-order chi connectivity index (χ1) is 15.9. The average molecular weight is 479 g/mol. The Bertz CT molecular complexity index is 889. The van der Waals surface area contributed by atoms with E-state index in [0.29, 0.717) is 17.9 Å². The van der Waals surface area contributed by atoms with Crippen LogP contribution >= 0.6 is 12.6 Å². The molecule has 1 atom stereocenters. The molecular formula is C23H34N4O5S. The zero-order chi connectivity index (χ0) is 24.1. The van der Waals surface area contributed by atoms with Crippen molar-refractivity contribution in [1.29, 1.82) is 0 Å². The van der Waals surface area contributed by atoms with Gasteiger partial charge in [0.25, 0.3) is 0 Å². The summed E-state index contributed by atoms with van der Waals surface area (Å²) in [5, 5.41) is 29.5. The van der Waals surface area contributed by atoms with Crippen molar-refractivity contribution in [3.8, 4) is 11.5 Å². The van der Waals surface area contributed by atoms with Crippen LogP contribution in [0.15, 0.2) is 18.2 Å². The second-order valence-electron chi connectivity index (χ2n) is 8.11. The van der Waals surface area contributed by atoms with Gasteiger partial charge in [-0.3, -0.25) is 9.59 Å². The number of benzene rings is 1. The van der Waals surface area contributed by atoms with Crippen molar-refractivity contribution in [2.75, 3.05) is 6.61 Å². The topological polar surface area (TPSA) is 127 Å². The Labute approximate surface area is 199 Å². The molecule has 0 fully saturated rings. The van der Waals surface area contributed by atoms with Crippen LogP contribution in [-0.2, 0) is 16.1 Å². The molecule has 2 N–H and O–H groups in total. The maximum Gasteiger partial charge on any atom is 0.325 e. The van der Waals surface area contributed by atoms with Crippen LogP contribution in [0.4, 0.5) is 0 Å². The highest BCUT2D eigenvalue weighted by Gasteiger charge is 2.30. The molecule has 0 aliphatic rings. The zero-order valence-electron chi connectivity index (χ0n) is 19.1. The zero-order valence-corrected chi connectivity index (χ0v) is 20.0. The molecule has 2 rings (SSSR count). The lowest BCUT2D eigenvalue weighted by Gasteiger charge is -2.18. The highest BCUT2D eigenvalue weighted by molar-refractivity contribution is 7.96. The number of phenolic OH excluding ortho intramolecular Hbond substituents is 1. The first-order valence-corrected chi connectivity index (χ1v) is 12.0. The van der Waals surface area contributed by atoms with Gasteiger partial charge in [-0.2, -0.15) is 0 Å². The van der Waals surface area contributed by atoms with Gasteiger partial charge >= 0.3 is 5.97 Å². The molecular weight excluding hydrogens is 444 g/mol. The number of rotatable bonds is 17. The van der Waals surface area contributed by atoms with Gasteiger partial charge in [0.15, 0.2) is 5.82 Å². The van der Waals surface area contributed by atoms with Gasteiger partial charge in [0.2, 0.25) is 5.12 Å². The summed E-state index contributed by atoms with van der Waals surface area (Å²) in [5.41, 5.74) is 0.337. The summed E-state index contributed by atoms with van der Waals surface area (Å²) in [6.07, 6.45) is 12.1. The summed E-state index contributed by atoms with van der Waals surface area (Å²) < 4.78 is 6.95. The smallest absolute Gasteiger partial charge is 0.325 e. The minimum absolute atomic E-state index is 0.0202. The molecule has 0 amide bonds. The fourth-order valence-corrected chi connectivity index (χ4v) is 3.96. The molecule has 182 valence electrons. The second kappa shape index (κ2) is 14.5. The lowest BCUT2D eigenvalue weighted by Crippen LogP contribution is -2.20. The van der Waals surface area contributed by atoms with Crippen LogP contribution in [0.25, 0.3) is 0 Å². The average Bonchev–Trinajstić information content (AvgIpc) is 3.20. The molecule has 0 spiro atoms. The van der Waals surface area contributed by atoms with Gasteiger partial charge in [-0.15, -0.1) is 17.7 Å². The van der Waals surface area contributed by atoms with Gasteiger partial charge in [-0.1, -0.05) is 64.7 Å². The van der Waals surface area contributed by atoms with Crippen molar-refractivity contribution < 1.29 is 24.5 Å². The third kappa shape index (κ3) is 9.03. The van der Waals surface area contributed by atoms with Crippen LogP contribution in [0.1, 0.15) is 88.4 Å². The van der Waals surface area contributed by atoms with E-state index in [2.05, 4.69) is 35.1 Å². The predicted octanol–water partition coefficient (Wildman–Crippen LogP) is 4.35. The number of nitrogens with zero attached hydrogens (tertiary/aromatic N) is 4. The molecule has 33 heavy (non-hydrogen) atoms. The normalized spacial score (nSPS) is 11.9. The number of tetrazole rings is 1. The minimum atomic E-state index is -1.15. The van der Waals surface area contributed by atoms with Crippen LogP contribution < -0.4 is 4.74 Å². The lowest BCUT2D eigenvalue weighted by atomic mass is 9.98. The van der Waals surface area contributed by atoms with Crippen molar-refractivity contribution in [2.45, 2.75) is 83.6 Å².